The number of hydrogen-bond acceptors (Lipinski definition) is 6. The first kappa shape index (κ1) is 26.8. The van der Waals surface area contributed by atoms with Gasteiger partial charge in [0.15, 0.2) is 11.0 Å². The van der Waals surface area contributed by atoms with Gasteiger partial charge < -0.3 is 35.9 Å². The van der Waals surface area contributed by atoms with E-state index >= 15 is 0 Å². The van der Waals surface area contributed by atoms with Crippen LogP contribution in [0.2, 0.25) is 0 Å². The molecule has 35 heavy (non-hydrogen) atoms. The molecule has 0 aliphatic carbocycles. The molecule has 0 fully saturated rings. The first-order valence-corrected chi connectivity index (χ1v) is 11.2. The molecule has 0 radical (unpaired) electrons. The number of rotatable bonds is 12. The van der Waals surface area contributed by atoms with Gasteiger partial charge in [0.05, 0.1) is 44.7 Å². The molecule has 0 bridgehead atoms. The smallest absolute Gasteiger partial charge is 0.278 e. The first-order valence-electron chi connectivity index (χ1n) is 11.2. The summed E-state index contributed by atoms with van der Waals surface area (Å²) in [7, 11) is 4.91. The molecule has 188 valence electrons. The summed E-state index contributed by atoms with van der Waals surface area (Å²) in [5.41, 5.74) is 2.75. The van der Waals surface area contributed by atoms with Gasteiger partial charge in [-0.2, -0.15) is 0 Å². The minimum atomic E-state index is -0.287. The van der Waals surface area contributed by atoms with Crippen LogP contribution in [-0.4, -0.2) is 69.0 Å². The third-order valence-corrected chi connectivity index (χ3v) is 5.98. The molecule has 9 nitrogen and oxygen atoms in total. The SMILES string of the molecule is COCCOCC[n+]1c(CN2C(=O)c3ccccc3C2=O)n(CCOC)c2cc(OC)ccc21.[Br-]. The minimum absolute atomic E-state index is 0. The molecule has 3 aromatic rings. The Morgan fingerprint density at radius 2 is 1.54 bits per heavy atom. The Kier molecular flexibility index (Phi) is 9.39. The highest BCUT2D eigenvalue weighted by atomic mass is 79.9. The second-order valence-electron chi connectivity index (χ2n) is 7.91. The van der Waals surface area contributed by atoms with E-state index in [1.807, 2.05) is 18.2 Å². The van der Waals surface area contributed by atoms with Crippen LogP contribution in [0, 0.1) is 0 Å². The number of imide groups is 1. The van der Waals surface area contributed by atoms with E-state index in [1.165, 1.54) is 4.90 Å². The zero-order valence-electron chi connectivity index (χ0n) is 20.2. The van der Waals surface area contributed by atoms with E-state index in [2.05, 4.69) is 9.13 Å². The lowest BCUT2D eigenvalue weighted by Gasteiger charge is -2.14. The Hall–Kier alpha value is -2.79. The fraction of sp³-hybridized carbons (Fsp3) is 0.400. The van der Waals surface area contributed by atoms with E-state index < -0.39 is 0 Å². The number of imidazole rings is 1. The maximum absolute atomic E-state index is 13.1. The van der Waals surface area contributed by atoms with Crippen LogP contribution in [0.3, 0.4) is 0 Å². The summed E-state index contributed by atoms with van der Waals surface area (Å²) >= 11 is 0. The first-order chi connectivity index (χ1) is 16.6. The van der Waals surface area contributed by atoms with Crippen LogP contribution < -0.4 is 26.3 Å². The van der Waals surface area contributed by atoms with E-state index in [1.54, 1.807) is 45.6 Å². The topological polar surface area (TPSA) is 83.1 Å². The van der Waals surface area contributed by atoms with E-state index in [0.29, 0.717) is 50.6 Å². The summed E-state index contributed by atoms with van der Waals surface area (Å²) in [4.78, 5) is 27.5. The van der Waals surface area contributed by atoms with E-state index in [-0.39, 0.29) is 35.3 Å². The van der Waals surface area contributed by atoms with Crippen molar-refractivity contribution in [3.63, 3.8) is 0 Å². The summed E-state index contributed by atoms with van der Waals surface area (Å²) in [6.45, 7) is 3.16. The van der Waals surface area contributed by atoms with Crippen molar-refractivity contribution in [3.8, 4) is 5.75 Å². The number of methoxy groups -OCH3 is 3. The lowest BCUT2D eigenvalue weighted by atomic mass is 10.1. The molecule has 4 rings (SSSR count). The van der Waals surface area contributed by atoms with Crippen molar-refractivity contribution in [1.82, 2.24) is 9.47 Å². The Morgan fingerprint density at radius 3 is 2.17 bits per heavy atom. The largest absolute Gasteiger partial charge is 1.00 e. The summed E-state index contributed by atoms with van der Waals surface area (Å²) in [5, 5.41) is 0. The molecular formula is C25H30BrN3O6. The number of hydrogen-bond donors (Lipinski definition) is 0. The number of nitrogens with zero attached hydrogens (tertiary/aromatic N) is 3. The molecular weight excluding hydrogens is 518 g/mol. The van der Waals surface area contributed by atoms with E-state index in [0.717, 1.165) is 22.6 Å². The molecule has 0 unspecified atom stereocenters. The van der Waals surface area contributed by atoms with Crippen molar-refractivity contribution >= 4 is 22.8 Å². The molecule has 1 aliphatic rings. The maximum Gasteiger partial charge on any atom is 0.278 e. The Morgan fingerprint density at radius 1 is 0.857 bits per heavy atom. The number of halogens is 1. The van der Waals surface area contributed by atoms with Crippen molar-refractivity contribution in [1.29, 1.82) is 0 Å². The quantitative estimate of drug-likeness (QED) is 0.165. The Balaban J connectivity index is 0.00000342. The number of ether oxygens (including phenoxy) is 4. The van der Waals surface area contributed by atoms with Gasteiger partial charge in [0.1, 0.15) is 25.4 Å². The highest BCUT2D eigenvalue weighted by Crippen LogP contribution is 2.26. The van der Waals surface area contributed by atoms with Crippen LogP contribution in [0.1, 0.15) is 26.5 Å². The molecule has 2 heterocycles. The summed E-state index contributed by atoms with van der Waals surface area (Å²) < 4.78 is 25.8. The van der Waals surface area contributed by atoms with Crippen LogP contribution in [-0.2, 0) is 33.8 Å². The van der Waals surface area contributed by atoms with Crippen LogP contribution in [0.25, 0.3) is 11.0 Å². The second-order valence-corrected chi connectivity index (χ2v) is 7.91. The second kappa shape index (κ2) is 12.3. The number of amides is 2. The fourth-order valence-corrected chi connectivity index (χ4v) is 4.28. The highest BCUT2D eigenvalue weighted by molar-refractivity contribution is 6.21. The third kappa shape index (κ3) is 5.40. The summed E-state index contributed by atoms with van der Waals surface area (Å²) in [6, 6.07) is 12.8. The molecule has 0 atom stereocenters. The lowest BCUT2D eigenvalue weighted by Crippen LogP contribution is -3.00. The van der Waals surface area contributed by atoms with Crippen LogP contribution in [0.5, 0.6) is 5.75 Å². The minimum Gasteiger partial charge on any atom is -1.00 e. The van der Waals surface area contributed by atoms with Gasteiger partial charge in [0.2, 0.25) is 0 Å². The average Bonchev–Trinajstić information content (AvgIpc) is 3.28. The summed E-state index contributed by atoms with van der Waals surface area (Å²) in [6.07, 6.45) is 0. The number of carbonyl (C=O) groups excluding carboxylic acids is 2. The molecule has 10 heteroatoms. The van der Waals surface area contributed by atoms with E-state index in [9.17, 15) is 9.59 Å². The van der Waals surface area contributed by atoms with Crippen LogP contribution in [0.4, 0.5) is 0 Å². The van der Waals surface area contributed by atoms with Crippen LogP contribution >= 0.6 is 0 Å². The average molecular weight is 548 g/mol. The summed E-state index contributed by atoms with van der Waals surface area (Å²) in [5.74, 6) is 0.957. The monoisotopic (exact) mass is 547 g/mol. The van der Waals surface area contributed by atoms with Gasteiger partial charge in [-0.3, -0.25) is 14.5 Å². The molecule has 0 saturated carbocycles. The van der Waals surface area contributed by atoms with Gasteiger partial charge in [-0.25, -0.2) is 9.13 Å². The maximum atomic E-state index is 13.1. The lowest BCUT2D eigenvalue weighted by molar-refractivity contribution is -0.682. The molecule has 0 spiro atoms. The predicted molar refractivity (Wildman–Crippen MR) is 124 cm³/mol. The number of aromatic nitrogens is 2. The van der Waals surface area contributed by atoms with E-state index in [4.69, 9.17) is 18.9 Å². The molecule has 0 saturated heterocycles. The zero-order chi connectivity index (χ0) is 24.1. The Labute approximate surface area is 214 Å². The number of benzene rings is 2. The Bertz CT molecular complexity index is 1160. The van der Waals surface area contributed by atoms with Crippen molar-refractivity contribution < 1.29 is 50.1 Å². The normalized spacial score (nSPS) is 12.8. The van der Waals surface area contributed by atoms with Gasteiger partial charge in [-0.1, -0.05) is 12.1 Å². The third-order valence-electron chi connectivity index (χ3n) is 5.98. The van der Waals surface area contributed by atoms with Crippen molar-refractivity contribution in [3.05, 3.63) is 59.4 Å². The molecule has 0 N–H and O–H groups in total. The van der Waals surface area contributed by atoms with Crippen molar-refractivity contribution in [2.75, 3.05) is 47.8 Å². The van der Waals surface area contributed by atoms with Gasteiger partial charge in [-0.05, 0) is 24.3 Å². The van der Waals surface area contributed by atoms with Crippen molar-refractivity contribution in [2.24, 2.45) is 0 Å². The molecule has 1 aromatic heterocycles. The molecule has 1 aliphatic heterocycles. The van der Waals surface area contributed by atoms with Gasteiger partial charge >= 0.3 is 0 Å². The number of carbonyl (C=O) groups is 2. The highest BCUT2D eigenvalue weighted by Gasteiger charge is 2.38. The van der Waals surface area contributed by atoms with Crippen LogP contribution in [0.15, 0.2) is 42.5 Å². The van der Waals surface area contributed by atoms with Gasteiger partial charge in [0, 0.05) is 20.3 Å². The fourth-order valence-electron chi connectivity index (χ4n) is 4.28. The van der Waals surface area contributed by atoms with Gasteiger partial charge in [-0.15, -0.1) is 0 Å². The molecule has 2 aromatic carbocycles. The molecule has 2 amide bonds. The van der Waals surface area contributed by atoms with Crippen molar-refractivity contribution in [2.45, 2.75) is 19.6 Å². The predicted octanol–water partition coefficient (Wildman–Crippen LogP) is -0.953. The zero-order valence-corrected chi connectivity index (χ0v) is 21.7. The number of fused-ring (bicyclic) bond motifs is 2. The standard InChI is InChI=1S/C25H30N3O6.BrH/c1-31-12-10-27-22-16-18(33-3)8-9-21(22)26(11-13-34-15-14-32-2)23(27)17-28-24(29)19-6-4-5-7-20(19)25(28)30;/h4-9,16H,10-15,17H2,1-3H3;1H/q+1;/p-1. The van der Waals surface area contributed by atoms with Gasteiger partial charge in [0.25, 0.3) is 17.6 Å².